The summed E-state index contributed by atoms with van der Waals surface area (Å²) in [5, 5.41) is 1.06. The smallest absolute Gasteiger partial charge is 0.270 e. The fraction of sp³-hybridized carbons (Fsp3) is 0.526. The van der Waals surface area contributed by atoms with Crippen LogP contribution in [0.15, 0.2) is 28.7 Å². The summed E-state index contributed by atoms with van der Waals surface area (Å²) < 4.78 is 1.02. The van der Waals surface area contributed by atoms with Crippen molar-refractivity contribution in [1.82, 2.24) is 19.7 Å². The number of nitrogens with zero attached hydrogens (tertiary/aromatic N) is 3. The lowest BCUT2D eigenvalue weighted by atomic mass is 10.0. The lowest BCUT2D eigenvalue weighted by molar-refractivity contribution is 0.0449. The van der Waals surface area contributed by atoms with E-state index >= 15 is 0 Å². The number of fused-ring (bicyclic) bond motifs is 1. The van der Waals surface area contributed by atoms with Gasteiger partial charge in [0.25, 0.3) is 5.91 Å². The summed E-state index contributed by atoms with van der Waals surface area (Å²) in [4.78, 5) is 23.1. The minimum atomic E-state index is 0.114. The average Bonchev–Trinajstić information content (AvgIpc) is 3.07. The van der Waals surface area contributed by atoms with Gasteiger partial charge in [-0.05, 0) is 44.6 Å². The van der Waals surface area contributed by atoms with Crippen LogP contribution in [0.3, 0.4) is 0 Å². The van der Waals surface area contributed by atoms with E-state index in [2.05, 4.69) is 37.8 Å². The molecule has 0 radical (unpaired) electrons. The van der Waals surface area contributed by atoms with Gasteiger partial charge in [-0.15, -0.1) is 0 Å². The Kier molecular flexibility index (Phi) is 4.84. The van der Waals surface area contributed by atoms with Crippen molar-refractivity contribution in [1.29, 1.82) is 0 Å². The number of piperidine rings is 1. The molecule has 4 rings (SSSR count). The molecule has 1 aromatic carbocycles. The minimum Gasteiger partial charge on any atom is -0.350 e. The van der Waals surface area contributed by atoms with E-state index in [1.54, 1.807) is 0 Å². The topological polar surface area (TPSA) is 42.6 Å². The molecule has 134 valence electrons. The number of rotatable bonds is 2. The highest BCUT2D eigenvalue weighted by molar-refractivity contribution is 9.10. The van der Waals surface area contributed by atoms with Crippen molar-refractivity contribution in [3.8, 4) is 0 Å². The van der Waals surface area contributed by atoms with Crippen LogP contribution in [0.1, 0.15) is 23.3 Å². The number of benzene rings is 1. The van der Waals surface area contributed by atoms with Crippen molar-refractivity contribution >= 4 is 32.7 Å². The van der Waals surface area contributed by atoms with E-state index in [-0.39, 0.29) is 5.91 Å². The number of halogens is 1. The lowest BCUT2D eigenvalue weighted by Crippen LogP contribution is -2.55. The van der Waals surface area contributed by atoms with Crippen LogP contribution in [0.4, 0.5) is 0 Å². The van der Waals surface area contributed by atoms with Crippen LogP contribution < -0.4 is 0 Å². The molecule has 25 heavy (non-hydrogen) atoms. The number of likely N-dealkylation sites (tertiary alicyclic amines) is 1. The van der Waals surface area contributed by atoms with Gasteiger partial charge in [0.2, 0.25) is 0 Å². The molecule has 3 heterocycles. The maximum Gasteiger partial charge on any atom is 0.270 e. The van der Waals surface area contributed by atoms with Gasteiger partial charge in [-0.25, -0.2) is 0 Å². The Balaban J connectivity index is 1.41. The van der Waals surface area contributed by atoms with Crippen molar-refractivity contribution in [3.63, 3.8) is 0 Å². The quantitative estimate of drug-likeness (QED) is 0.836. The maximum absolute atomic E-state index is 12.9. The van der Waals surface area contributed by atoms with Crippen molar-refractivity contribution < 1.29 is 4.79 Å². The number of aromatic nitrogens is 1. The monoisotopic (exact) mass is 404 g/mol. The summed E-state index contributed by atoms with van der Waals surface area (Å²) in [5.74, 6) is 0.114. The van der Waals surface area contributed by atoms with E-state index in [4.69, 9.17) is 0 Å². The number of likely N-dealkylation sites (N-methyl/N-ethyl adjacent to an activating group) is 1. The van der Waals surface area contributed by atoms with Crippen LogP contribution in [-0.4, -0.2) is 77.9 Å². The SMILES string of the molecule is CN1CCCC(N2CCN(C(=O)c3cc4c(Br)cccc4[nH]3)CC2)C1. The van der Waals surface area contributed by atoms with Crippen LogP contribution in [0.5, 0.6) is 0 Å². The number of aromatic amines is 1. The number of hydrogen-bond acceptors (Lipinski definition) is 3. The van der Waals surface area contributed by atoms with E-state index in [9.17, 15) is 4.79 Å². The van der Waals surface area contributed by atoms with Crippen LogP contribution >= 0.6 is 15.9 Å². The van der Waals surface area contributed by atoms with Gasteiger partial charge in [0.15, 0.2) is 0 Å². The largest absolute Gasteiger partial charge is 0.350 e. The van der Waals surface area contributed by atoms with Crippen molar-refractivity contribution in [2.45, 2.75) is 18.9 Å². The fourth-order valence-corrected chi connectivity index (χ4v) is 4.61. The summed E-state index contributed by atoms with van der Waals surface area (Å²) in [6.45, 7) is 5.96. The summed E-state index contributed by atoms with van der Waals surface area (Å²) in [5.41, 5.74) is 1.69. The molecule has 0 aliphatic carbocycles. The standard InChI is InChI=1S/C19H25BrN4O/c1-22-7-3-4-14(13-22)23-8-10-24(11-9-23)19(25)18-12-15-16(20)5-2-6-17(15)21-18/h2,5-6,12,14,21H,3-4,7-11,13H2,1H3. The van der Waals surface area contributed by atoms with E-state index in [1.807, 2.05) is 29.2 Å². The molecule has 1 N–H and O–H groups in total. The van der Waals surface area contributed by atoms with Gasteiger partial charge in [-0.2, -0.15) is 0 Å². The molecular formula is C19H25BrN4O. The van der Waals surface area contributed by atoms with Gasteiger partial charge >= 0.3 is 0 Å². The van der Waals surface area contributed by atoms with Crippen LogP contribution in [0, 0.1) is 0 Å². The molecule has 1 atom stereocenters. The molecule has 2 fully saturated rings. The zero-order chi connectivity index (χ0) is 17.4. The highest BCUT2D eigenvalue weighted by Crippen LogP contribution is 2.25. The van der Waals surface area contributed by atoms with Crippen molar-refractivity contribution in [3.05, 3.63) is 34.4 Å². The summed E-state index contributed by atoms with van der Waals surface area (Å²) in [6.07, 6.45) is 2.57. The highest BCUT2D eigenvalue weighted by atomic mass is 79.9. The summed E-state index contributed by atoms with van der Waals surface area (Å²) >= 11 is 3.56. The Labute approximate surface area is 157 Å². The molecule has 6 heteroatoms. The average molecular weight is 405 g/mol. The number of carbonyl (C=O) groups excluding carboxylic acids is 1. The van der Waals surface area contributed by atoms with Crippen LogP contribution in [-0.2, 0) is 0 Å². The third kappa shape index (κ3) is 3.48. The number of piperazine rings is 1. The molecule has 2 aromatic rings. The maximum atomic E-state index is 12.9. The van der Waals surface area contributed by atoms with Crippen molar-refractivity contribution in [2.24, 2.45) is 0 Å². The molecule has 2 saturated heterocycles. The first kappa shape index (κ1) is 17.1. The van der Waals surface area contributed by atoms with Gasteiger partial charge in [0, 0.05) is 54.1 Å². The highest BCUT2D eigenvalue weighted by Gasteiger charge is 2.29. The first-order chi connectivity index (χ1) is 12.1. The summed E-state index contributed by atoms with van der Waals surface area (Å²) in [6, 6.07) is 8.61. The molecule has 0 bridgehead atoms. The first-order valence-electron chi connectivity index (χ1n) is 9.11. The van der Waals surface area contributed by atoms with E-state index in [0.717, 1.165) is 48.1 Å². The van der Waals surface area contributed by atoms with Gasteiger partial charge in [0.1, 0.15) is 5.69 Å². The predicted molar refractivity (Wildman–Crippen MR) is 104 cm³/mol. The van der Waals surface area contributed by atoms with E-state index in [0.29, 0.717) is 11.7 Å². The minimum absolute atomic E-state index is 0.114. The van der Waals surface area contributed by atoms with E-state index in [1.165, 1.54) is 19.4 Å². The molecule has 1 unspecified atom stereocenters. The molecular weight excluding hydrogens is 380 g/mol. The van der Waals surface area contributed by atoms with Crippen molar-refractivity contribution in [2.75, 3.05) is 46.3 Å². The number of carbonyl (C=O) groups is 1. The number of nitrogens with one attached hydrogen (secondary N) is 1. The zero-order valence-corrected chi connectivity index (χ0v) is 16.3. The predicted octanol–water partition coefficient (Wildman–Crippen LogP) is 2.78. The number of amides is 1. The zero-order valence-electron chi connectivity index (χ0n) is 14.7. The molecule has 5 nitrogen and oxygen atoms in total. The Morgan fingerprint density at radius 1 is 1.20 bits per heavy atom. The van der Waals surface area contributed by atoms with Gasteiger partial charge in [-0.3, -0.25) is 9.69 Å². The second kappa shape index (κ2) is 7.09. The second-order valence-electron chi connectivity index (χ2n) is 7.27. The van der Waals surface area contributed by atoms with Gasteiger partial charge < -0.3 is 14.8 Å². The molecule has 2 aliphatic heterocycles. The molecule has 1 aromatic heterocycles. The van der Waals surface area contributed by atoms with Gasteiger partial charge in [0.05, 0.1) is 0 Å². The second-order valence-corrected chi connectivity index (χ2v) is 8.12. The number of H-pyrrole nitrogens is 1. The van der Waals surface area contributed by atoms with Crippen LogP contribution in [0.25, 0.3) is 10.9 Å². The molecule has 2 aliphatic rings. The Morgan fingerprint density at radius 3 is 2.72 bits per heavy atom. The molecule has 0 saturated carbocycles. The Hall–Kier alpha value is -1.37. The number of hydrogen-bond donors (Lipinski definition) is 1. The normalized spacial score (nSPS) is 23.3. The van der Waals surface area contributed by atoms with Crippen LogP contribution in [0.2, 0.25) is 0 Å². The molecule has 0 spiro atoms. The third-order valence-corrected chi connectivity index (χ3v) is 6.25. The molecule has 1 amide bonds. The third-order valence-electron chi connectivity index (χ3n) is 5.56. The summed E-state index contributed by atoms with van der Waals surface area (Å²) in [7, 11) is 2.21. The van der Waals surface area contributed by atoms with E-state index < -0.39 is 0 Å². The fourth-order valence-electron chi connectivity index (χ4n) is 4.13. The Bertz CT molecular complexity index is 766. The first-order valence-corrected chi connectivity index (χ1v) is 9.90. The Morgan fingerprint density at radius 2 is 2.00 bits per heavy atom. The lowest BCUT2D eigenvalue weighted by Gasteiger charge is -2.42. The van der Waals surface area contributed by atoms with Gasteiger partial charge in [-0.1, -0.05) is 22.0 Å².